The summed E-state index contributed by atoms with van der Waals surface area (Å²) in [7, 11) is 2.80. The average Bonchev–Trinajstić information content (AvgIpc) is 3.27. The Morgan fingerprint density at radius 3 is 2.33 bits per heavy atom. The number of aliphatic carboxylic acids is 1. The second kappa shape index (κ2) is 6.03. The first-order valence-electron chi connectivity index (χ1n) is 6.69. The van der Waals surface area contributed by atoms with Gasteiger partial charge in [-0.25, -0.2) is 4.79 Å². The number of rotatable bonds is 7. The smallest absolute Gasteiger partial charge is 0.339 e. The predicted octanol–water partition coefficient (Wildman–Crippen LogP) is 2.37. The summed E-state index contributed by atoms with van der Waals surface area (Å²) in [6.07, 6.45) is 1.92. The molecule has 0 heterocycles. The molecular weight excluding hydrogens is 276 g/mol. The molecule has 0 radical (unpaired) electrons. The summed E-state index contributed by atoms with van der Waals surface area (Å²) in [4.78, 5) is 22.4. The molecule has 6 heteroatoms. The van der Waals surface area contributed by atoms with Crippen molar-refractivity contribution in [3.8, 4) is 11.5 Å². The molecule has 6 nitrogen and oxygen atoms in total. The molecule has 2 rings (SSSR count). The van der Waals surface area contributed by atoms with E-state index < -0.39 is 11.9 Å². The second-order valence-corrected chi connectivity index (χ2v) is 5.15. The van der Waals surface area contributed by atoms with Gasteiger partial charge < -0.3 is 19.7 Å². The lowest BCUT2D eigenvalue weighted by Gasteiger charge is -2.18. The van der Waals surface area contributed by atoms with Gasteiger partial charge in [-0.3, -0.25) is 4.79 Å². The molecule has 0 bridgehead atoms. The third-order valence-electron chi connectivity index (χ3n) is 3.75. The molecule has 21 heavy (non-hydrogen) atoms. The predicted molar refractivity (Wildman–Crippen MR) is 74.2 cm³/mol. The lowest BCUT2D eigenvalue weighted by atomic mass is 9.89. The average molecular weight is 294 g/mol. The molecule has 1 aliphatic carbocycles. The highest BCUT2D eigenvalue weighted by Crippen LogP contribution is 2.46. The first-order chi connectivity index (χ1) is 9.97. The van der Waals surface area contributed by atoms with Crippen LogP contribution in [0.5, 0.6) is 11.5 Å². The number of aromatic carboxylic acids is 1. The quantitative estimate of drug-likeness (QED) is 0.802. The Morgan fingerprint density at radius 2 is 1.90 bits per heavy atom. The molecule has 114 valence electrons. The van der Waals surface area contributed by atoms with Crippen LogP contribution in [0.1, 0.15) is 41.1 Å². The molecule has 1 aromatic carbocycles. The molecule has 0 saturated heterocycles. The normalized spacial score (nSPS) is 15.3. The maximum atomic E-state index is 11.4. The van der Waals surface area contributed by atoms with Crippen LogP contribution < -0.4 is 9.47 Å². The molecule has 0 spiro atoms. The molecule has 2 N–H and O–H groups in total. The van der Waals surface area contributed by atoms with Crippen molar-refractivity contribution in [3.05, 3.63) is 23.3 Å². The van der Waals surface area contributed by atoms with Gasteiger partial charge >= 0.3 is 11.9 Å². The minimum absolute atomic E-state index is 0.0112. The molecule has 0 amide bonds. The van der Waals surface area contributed by atoms with Crippen molar-refractivity contribution in [2.24, 2.45) is 5.92 Å². The summed E-state index contributed by atoms with van der Waals surface area (Å²) in [5.74, 6) is -1.46. The summed E-state index contributed by atoms with van der Waals surface area (Å²) < 4.78 is 10.3. The molecular formula is C15H18O6. The van der Waals surface area contributed by atoms with Crippen molar-refractivity contribution in [1.82, 2.24) is 0 Å². The Kier molecular flexibility index (Phi) is 4.35. The Bertz CT molecular complexity index is 562. The van der Waals surface area contributed by atoms with E-state index in [4.69, 9.17) is 14.6 Å². The van der Waals surface area contributed by atoms with Gasteiger partial charge in [-0.1, -0.05) is 0 Å². The van der Waals surface area contributed by atoms with Crippen molar-refractivity contribution in [1.29, 1.82) is 0 Å². The van der Waals surface area contributed by atoms with E-state index in [0.29, 0.717) is 17.2 Å². The van der Waals surface area contributed by atoms with Gasteiger partial charge in [0.2, 0.25) is 0 Å². The first kappa shape index (κ1) is 15.2. The van der Waals surface area contributed by atoms with E-state index in [9.17, 15) is 14.7 Å². The highest BCUT2D eigenvalue weighted by Gasteiger charge is 2.35. The Balaban J connectivity index is 2.49. The standard InChI is InChI=1S/C15H18O6/c1-20-12-6-9(5-11(15(18)19)14(12)21-2)10(7-13(16)17)8-3-4-8/h5-6,8,10H,3-4,7H2,1-2H3,(H,16,17)(H,18,19). The number of benzene rings is 1. The number of hydrogen-bond donors (Lipinski definition) is 2. The lowest BCUT2D eigenvalue weighted by Crippen LogP contribution is -2.11. The zero-order valence-electron chi connectivity index (χ0n) is 12.0. The van der Waals surface area contributed by atoms with Gasteiger partial charge in [0, 0.05) is 0 Å². The number of carboxylic acids is 2. The number of methoxy groups -OCH3 is 2. The van der Waals surface area contributed by atoms with E-state index in [1.165, 1.54) is 20.3 Å². The summed E-state index contributed by atoms with van der Waals surface area (Å²) in [5.41, 5.74) is 0.665. The minimum Gasteiger partial charge on any atom is -0.493 e. The van der Waals surface area contributed by atoms with E-state index >= 15 is 0 Å². The van der Waals surface area contributed by atoms with Crippen molar-refractivity contribution >= 4 is 11.9 Å². The number of hydrogen-bond acceptors (Lipinski definition) is 4. The van der Waals surface area contributed by atoms with E-state index in [1.807, 2.05) is 0 Å². The van der Waals surface area contributed by atoms with Gasteiger partial charge in [-0.2, -0.15) is 0 Å². The number of ether oxygens (including phenoxy) is 2. The Labute approximate surface area is 122 Å². The van der Waals surface area contributed by atoms with Crippen LogP contribution in [0.2, 0.25) is 0 Å². The van der Waals surface area contributed by atoms with Crippen LogP contribution >= 0.6 is 0 Å². The summed E-state index contributed by atoms with van der Waals surface area (Å²) in [5, 5.41) is 18.4. The van der Waals surface area contributed by atoms with Gasteiger partial charge in [0.1, 0.15) is 5.56 Å². The van der Waals surface area contributed by atoms with E-state index in [-0.39, 0.29) is 23.7 Å². The van der Waals surface area contributed by atoms with Crippen LogP contribution in [-0.2, 0) is 4.79 Å². The maximum Gasteiger partial charge on any atom is 0.339 e. The van der Waals surface area contributed by atoms with Gasteiger partial charge in [-0.05, 0) is 42.4 Å². The monoisotopic (exact) mass is 294 g/mol. The van der Waals surface area contributed by atoms with Gasteiger partial charge in [0.05, 0.1) is 20.6 Å². The van der Waals surface area contributed by atoms with Crippen molar-refractivity contribution in [2.45, 2.75) is 25.2 Å². The molecule has 1 aliphatic rings. The molecule has 0 aromatic heterocycles. The lowest BCUT2D eigenvalue weighted by molar-refractivity contribution is -0.137. The van der Waals surface area contributed by atoms with Crippen LogP contribution in [0.15, 0.2) is 12.1 Å². The third-order valence-corrected chi connectivity index (χ3v) is 3.75. The SMILES string of the molecule is COc1cc(C(CC(=O)O)C2CC2)cc(C(=O)O)c1OC. The molecule has 0 aliphatic heterocycles. The summed E-state index contributed by atoms with van der Waals surface area (Å²) in [6.45, 7) is 0. The fraction of sp³-hybridized carbons (Fsp3) is 0.467. The zero-order valence-corrected chi connectivity index (χ0v) is 12.0. The Morgan fingerprint density at radius 1 is 1.24 bits per heavy atom. The molecule has 1 atom stereocenters. The zero-order chi connectivity index (χ0) is 15.6. The maximum absolute atomic E-state index is 11.4. The molecule has 1 saturated carbocycles. The van der Waals surface area contributed by atoms with E-state index in [2.05, 4.69) is 0 Å². The second-order valence-electron chi connectivity index (χ2n) is 5.15. The van der Waals surface area contributed by atoms with E-state index in [1.54, 1.807) is 6.07 Å². The van der Waals surface area contributed by atoms with E-state index in [0.717, 1.165) is 12.8 Å². The summed E-state index contributed by atoms with van der Waals surface area (Å²) >= 11 is 0. The number of carbonyl (C=O) groups is 2. The van der Waals surface area contributed by atoms with Gasteiger partial charge in [0.15, 0.2) is 11.5 Å². The largest absolute Gasteiger partial charge is 0.493 e. The third kappa shape index (κ3) is 3.26. The molecule has 1 unspecified atom stereocenters. The highest BCUT2D eigenvalue weighted by atomic mass is 16.5. The minimum atomic E-state index is -1.13. The van der Waals surface area contributed by atoms with Crippen LogP contribution in [0.3, 0.4) is 0 Å². The van der Waals surface area contributed by atoms with Crippen LogP contribution in [0.4, 0.5) is 0 Å². The van der Waals surface area contributed by atoms with Gasteiger partial charge in [0.25, 0.3) is 0 Å². The van der Waals surface area contributed by atoms with Crippen LogP contribution in [0.25, 0.3) is 0 Å². The fourth-order valence-corrected chi connectivity index (χ4v) is 2.60. The van der Waals surface area contributed by atoms with Crippen molar-refractivity contribution in [3.63, 3.8) is 0 Å². The highest BCUT2D eigenvalue weighted by molar-refractivity contribution is 5.92. The fourth-order valence-electron chi connectivity index (χ4n) is 2.60. The van der Waals surface area contributed by atoms with Crippen molar-refractivity contribution < 1.29 is 29.3 Å². The topological polar surface area (TPSA) is 93.1 Å². The molecule has 1 aromatic rings. The number of carboxylic acid groups (broad SMARTS) is 2. The van der Waals surface area contributed by atoms with Gasteiger partial charge in [-0.15, -0.1) is 0 Å². The van der Waals surface area contributed by atoms with Crippen molar-refractivity contribution in [2.75, 3.05) is 14.2 Å². The summed E-state index contributed by atoms with van der Waals surface area (Å²) in [6, 6.07) is 3.17. The van der Waals surface area contributed by atoms with Crippen LogP contribution in [-0.4, -0.2) is 36.4 Å². The van der Waals surface area contributed by atoms with Crippen LogP contribution in [0, 0.1) is 5.92 Å². The molecule has 1 fully saturated rings. The Hall–Kier alpha value is -2.24. The first-order valence-corrected chi connectivity index (χ1v) is 6.69.